The molecule has 0 fully saturated rings. The minimum absolute atomic E-state index is 0. The lowest BCUT2D eigenvalue weighted by Crippen LogP contribution is -2.39. The summed E-state index contributed by atoms with van der Waals surface area (Å²) in [5, 5.41) is 10.2. The molecular weight excluding hydrogens is 538 g/mol. The van der Waals surface area contributed by atoms with Gasteiger partial charge in [-0.05, 0) is 48.7 Å². The van der Waals surface area contributed by atoms with E-state index >= 15 is 0 Å². The highest BCUT2D eigenvalue weighted by atomic mass is 127. The number of amides is 1. The summed E-state index contributed by atoms with van der Waals surface area (Å²) in [5.74, 6) is 1.26. The van der Waals surface area contributed by atoms with E-state index < -0.39 is 0 Å². The van der Waals surface area contributed by atoms with Crippen molar-refractivity contribution in [3.05, 3.63) is 63.6 Å². The normalized spacial score (nSPS) is 10.7. The maximum Gasteiger partial charge on any atom is 0.251 e. The van der Waals surface area contributed by atoms with Crippen LogP contribution in [0.2, 0.25) is 10.0 Å². The van der Waals surface area contributed by atoms with E-state index in [1.54, 1.807) is 38.4 Å². The molecule has 0 bridgehead atoms. The Morgan fingerprint density at radius 2 is 1.87 bits per heavy atom. The number of nitrogens with zero attached hydrogens (tertiary/aromatic N) is 1. The summed E-state index contributed by atoms with van der Waals surface area (Å²) in [5.41, 5.74) is 1.75. The van der Waals surface area contributed by atoms with Crippen LogP contribution in [0, 0.1) is 0 Å². The van der Waals surface area contributed by atoms with Crippen molar-refractivity contribution in [3.8, 4) is 5.75 Å². The Hall–Kier alpha value is -1.71. The number of guanidine groups is 1. The van der Waals surface area contributed by atoms with Gasteiger partial charge in [0.2, 0.25) is 0 Å². The van der Waals surface area contributed by atoms with Crippen molar-refractivity contribution in [2.45, 2.75) is 12.8 Å². The number of ether oxygens (including phenoxy) is 1. The van der Waals surface area contributed by atoms with Gasteiger partial charge in [0.25, 0.3) is 5.91 Å². The zero-order valence-corrected chi connectivity index (χ0v) is 20.8. The van der Waals surface area contributed by atoms with Crippen LogP contribution in [0.3, 0.4) is 0 Å². The predicted octanol–water partition coefficient (Wildman–Crippen LogP) is 4.15. The Labute approximate surface area is 204 Å². The van der Waals surface area contributed by atoms with Gasteiger partial charge in [-0.1, -0.05) is 35.3 Å². The van der Waals surface area contributed by atoms with Crippen molar-refractivity contribution in [1.82, 2.24) is 16.0 Å². The van der Waals surface area contributed by atoms with Gasteiger partial charge in [-0.3, -0.25) is 9.79 Å². The number of nitrogens with one attached hydrogen (secondary N) is 3. The van der Waals surface area contributed by atoms with Crippen LogP contribution in [-0.4, -0.2) is 45.7 Å². The molecule has 0 heterocycles. The molecular formula is C21H27Cl2IN4O2. The third-order valence-corrected chi connectivity index (χ3v) is 4.64. The van der Waals surface area contributed by atoms with Gasteiger partial charge in [-0.15, -0.1) is 24.0 Å². The number of carbonyl (C=O) groups is 1. The lowest BCUT2D eigenvalue weighted by atomic mass is 10.1. The summed E-state index contributed by atoms with van der Waals surface area (Å²) in [6, 6.07) is 12.8. The molecule has 0 aliphatic rings. The van der Waals surface area contributed by atoms with E-state index in [2.05, 4.69) is 20.9 Å². The maximum absolute atomic E-state index is 11.7. The first kappa shape index (κ1) is 26.3. The van der Waals surface area contributed by atoms with Crippen LogP contribution < -0.4 is 20.7 Å². The molecule has 1 amide bonds. The second-order valence-electron chi connectivity index (χ2n) is 6.23. The maximum atomic E-state index is 11.7. The number of hydrogen-bond donors (Lipinski definition) is 3. The number of carbonyl (C=O) groups excluding carboxylic acids is 1. The van der Waals surface area contributed by atoms with E-state index in [-0.39, 0.29) is 29.9 Å². The highest BCUT2D eigenvalue weighted by molar-refractivity contribution is 14.0. The van der Waals surface area contributed by atoms with Crippen molar-refractivity contribution in [2.24, 2.45) is 4.99 Å². The van der Waals surface area contributed by atoms with Crippen LogP contribution in [0.4, 0.5) is 0 Å². The van der Waals surface area contributed by atoms with Crippen molar-refractivity contribution < 1.29 is 9.53 Å². The SMILES string of the molecule is CN=C(NCCCOc1ccc(Cl)cc1Cl)NCCc1cccc(C(=O)NC)c1.I. The van der Waals surface area contributed by atoms with Gasteiger partial charge in [0.1, 0.15) is 5.75 Å². The first-order valence-corrected chi connectivity index (χ1v) is 10.1. The Bertz CT molecular complexity index is 850. The van der Waals surface area contributed by atoms with Crippen LogP contribution in [0.15, 0.2) is 47.5 Å². The smallest absolute Gasteiger partial charge is 0.251 e. The molecule has 0 unspecified atom stereocenters. The second kappa shape index (κ2) is 14.3. The summed E-state index contributed by atoms with van der Waals surface area (Å²) < 4.78 is 5.66. The third-order valence-electron chi connectivity index (χ3n) is 4.11. The number of rotatable bonds is 9. The minimum Gasteiger partial charge on any atom is -0.492 e. The first-order chi connectivity index (χ1) is 14.0. The lowest BCUT2D eigenvalue weighted by Gasteiger charge is -2.13. The molecule has 0 saturated carbocycles. The molecule has 0 aromatic heterocycles. The average molecular weight is 565 g/mol. The molecule has 164 valence electrons. The Morgan fingerprint density at radius 3 is 2.57 bits per heavy atom. The summed E-state index contributed by atoms with van der Waals surface area (Å²) in [6.45, 7) is 1.93. The third kappa shape index (κ3) is 8.97. The van der Waals surface area contributed by atoms with E-state index in [9.17, 15) is 4.79 Å². The van der Waals surface area contributed by atoms with Gasteiger partial charge < -0.3 is 20.7 Å². The monoisotopic (exact) mass is 564 g/mol. The van der Waals surface area contributed by atoms with Crippen molar-refractivity contribution in [1.29, 1.82) is 0 Å². The molecule has 0 saturated heterocycles. The highest BCUT2D eigenvalue weighted by Gasteiger charge is 2.05. The fourth-order valence-corrected chi connectivity index (χ4v) is 3.07. The van der Waals surface area contributed by atoms with Crippen LogP contribution in [0.25, 0.3) is 0 Å². The number of benzene rings is 2. The standard InChI is InChI=1S/C21H26Cl2N4O2.HI/c1-24-20(28)16-6-3-5-15(13-16)9-11-27-21(25-2)26-10-4-12-29-19-8-7-17(22)14-18(19)23;/h3,5-8,13-14H,4,9-12H2,1-2H3,(H,24,28)(H2,25,26,27);1H. The molecule has 9 heteroatoms. The number of hydrogen-bond acceptors (Lipinski definition) is 3. The average Bonchev–Trinajstić information content (AvgIpc) is 2.73. The van der Waals surface area contributed by atoms with Gasteiger partial charge in [0, 0.05) is 37.8 Å². The Kier molecular flexibility index (Phi) is 12.6. The molecule has 0 spiro atoms. The largest absolute Gasteiger partial charge is 0.492 e. The predicted molar refractivity (Wildman–Crippen MR) is 135 cm³/mol. The molecule has 0 atom stereocenters. The zero-order valence-electron chi connectivity index (χ0n) is 17.0. The number of aliphatic imine (C=N–C) groups is 1. The fourth-order valence-electron chi connectivity index (χ4n) is 2.61. The van der Waals surface area contributed by atoms with E-state index in [4.69, 9.17) is 27.9 Å². The van der Waals surface area contributed by atoms with Gasteiger partial charge >= 0.3 is 0 Å². The van der Waals surface area contributed by atoms with E-state index in [1.165, 1.54) is 0 Å². The molecule has 0 aliphatic heterocycles. The molecule has 3 N–H and O–H groups in total. The summed E-state index contributed by atoms with van der Waals surface area (Å²) in [4.78, 5) is 15.9. The minimum atomic E-state index is -0.0839. The molecule has 2 aromatic carbocycles. The van der Waals surface area contributed by atoms with E-state index in [0.717, 1.165) is 24.4 Å². The van der Waals surface area contributed by atoms with Crippen LogP contribution in [-0.2, 0) is 6.42 Å². The van der Waals surface area contributed by atoms with Crippen molar-refractivity contribution in [3.63, 3.8) is 0 Å². The topological polar surface area (TPSA) is 74.8 Å². The molecule has 6 nitrogen and oxygen atoms in total. The van der Waals surface area contributed by atoms with Crippen molar-refractivity contribution >= 4 is 59.0 Å². The highest BCUT2D eigenvalue weighted by Crippen LogP contribution is 2.27. The summed E-state index contributed by atoms with van der Waals surface area (Å²) in [7, 11) is 3.35. The quantitative estimate of drug-likeness (QED) is 0.185. The first-order valence-electron chi connectivity index (χ1n) is 9.37. The zero-order chi connectivity index (χ0) is 21.1. The second-order valence-corrected chi connectivity index (χ2v) is 7.08. The van der Waals surface area contributed by atoms with Crippen LogP contribution in [0.5, 0.6) is 5.75 Å². The lowest BCUT2D eigenvalue weighted by molar-refractivity contribution is 0.0963. The van der Waals surface area contributed by atoms with Gasteiger partial charge in [0.15, 0.2) is 5.96 Å². The Morgan fingerprint density at radius 1 is 1.10 bits per heavy atom. The van der Waals surface area contributed by atoms with E-state index in [0.29, 0.717) is 41.1 Å². The molecule has 2 rings (SSSR count). The van der Waals surface area contributed by atoms with Crippen LogP contribution >= 0.6 is 47.2 Å². The molecule has 2 aromatic rings. The molecule has 30 heavy (non-hydrogen) atoms. The molecule has 0 aliphatic carbocycles. The van der Waals surface area contributed by atoms with Gasteiger partial charge in [0.05, 0.1) is 11.6 Å². The fraction of sp³-hybridized carbons (Fsp3) is 0.333. The van der Waals surface area contributed by atoms with E-state index in [1.807, 2.05) is 18.2 Å². The van der Waals surface area contributed by atoms with Gasteiger partial charge in [-0.2, -0.15) is 0 Å². The van der Waals surface area contributed by atoms with Crippen molar-refractivity contribution in [2.75, 3.05) is 33.8 Å². The summed E-state index contributed by atoms with van der Waals surface area (Å²) in [6.07, 6.45) is 1.57. The molecule has 0 radical (unpaired) electrons. The van der Waals surface area contributed by atoms with Crippen LogP contribution in [0.1, 0.15) is 22.3 Å². The Balaban J connectivity index is 0.00000450. The van der Waals surface area contributed by atoms with Gasteiger partial charge in [-0.25, -0.2) is 0 Å². The number of halogens is 3. The summed E-state index contributed by atoms with van der Waals surface area (Å²) >= 11 is 12.0.